The molecule has 0 spiro atoms. The minimum absolute atomic E-state index is 0.0169. The van der Waals surface area contributed by atoms with Crippen LogP contribution >= 0.6 is 15.9 Å². The number of benzene rings is 1. The van der Waals surface area contributed by atoms with Crippen LogP contribution in [0, 0.1) is 0 Å². The Balaban J connectivity index is 2.29. The molecule has 0 aromatic heterocycles. The van der Waals surface area contributed by atoms with Crippen molar-refractivity contribution in [2.45, 2.75) is 23.8 Å². The SMILES string of the molecule is CN1CCCC(N(C)S(=O)(=O)c2ccc(N)cc2Br)C1. The van der Waals surface area contributed by atoms with Crippen LogP contribution in [-0.2, 0) is 10.0 Å². The largest absolute Gasteiger partial charge is 0.399 e. The molecule has 2 N–H and O–H groups in total. The third-order valence-corrected chi connectivity index (χ3v) is 6.61. The minimum atomic E-state index is -3.51. The molecule has 20 heavy (non-hydrogen) atoms. The van der Waals surface area contributed by atoms with Crippen LogP contribution in [0.4, 0.5) is 5.69 Å². The highest BCUT2D eigenvalue weighted by Gasteiger charge is 2.31. The zero-order chi connectivity index (χ0) is 14.9. The number of rotatable bonds is 3. The van der Waals surface area contributed by atoms with Gasteiger partial charge >= 0.3 is 0 Å². The van der Waals surface area contributed by atoms with E-state index in [9.17, 15) is 8.42 Å². The van der Waals surface area contributed by atoms with Gasteiger partial charge in [0.05, 0.1) is 4.90 Å². The first-order chi connectivity index (χ1) is 9.32. The fourth-order valence-corrected chi connectivity index (χ4v) is 4.94. The highest BCUT2D eigenvalue weighted by molar-refractivity contribution is 9.10. The highest BCUT2D eigenvalue weighted by atomic mass is 79.9. The number of likely N-dealkylation sites (tertiary alicyclic amines) is 1. The number of piperidine rings is 1. The van der Waals surface area contributed by atoms with E-state index >= 15 is 0 Å². The Kier molecular flexibility index (Phi) is 4.73. The molecule has 1 aromatic rings. The second kappa shape index (κ2) is 6.01. The van der Waals surface area contributed by atoms with Crippen molar-refractivity contribution < 1.29 is 8.42 Å². The Hall–Kier alpha value is -0.630. The van der Waals surface area contributed by atoms with Crippen LogP contribution in [0.25, 0.3) is 0 Å². The van der Waals surface area contributed by atoms with E-state index in [2.05, 4.69) is 20.8 Å². The molecule has 1 saturated heterocycles. The van der Waals surface area contributed by atoms with Gasteiger partial charge in [-0.25, -0.2) is 8.42 Å². The number of nitrogen functional groups attached to an aromatic ring is 1. The minimum Gasteiger partial charge on any atom is -0.399 e. The molecule has 1 aliphatic heterocycles. The Morgan fingerprint density at radius 1 is 1.45 bits per heavy atom. The predicted molar refractivity (Wildman–Crippen MR) is 84.0 cm³/mol. The van der Waals surface area contributed by atoms with Crippen LogP contribution in [0.1, 0.15) is 12.8 Å². The first-order valence-electron chi connectivity index (χ1n) is 6.54. The van der Waals surface area contributed by atoms with E-state index < -0.39 is 10.0 Å². The van der Waals surface area contributed by atoms with Crippen molar-refractivity contribution in [3.05, 3.63) is 22.7 Å². The summed E-state index contributed by atoms with van der Waals surface area (Å²) in [5.74, 6) is 0. The number of nitrogens with zero attached hydrogens (tertiary/aromatic N) is 2. The summed E-state index contributed by atoms with van der Waals surface area (Å²) in [6.45, 7) is 1.79. The molecule has 0 amide bonds. The molecule has 1 aliphatic rings. The lowest BCUT2D eigenvalue weighted by atomic mass is 10.1. The summed E-state index contributed by atoms with van der Waals surface area (Å²) in [5, 5.41) is 0. The molecular formula is C13H20BrN3O2S. The number of anilines is 1. The lowest BCUT2D eigenvalue weighted by molar-refractivity contribution is 0.187. The van der Waals surface area contributed by atoms with Gasteiger partial charge in [0.15, 0.2) is 0 Å². The van der Waals surface area contributed by atoms with Crippen LogP contribution < -0.4 is 5.73 Å². The number of likely N-dealkylation sites (N-methyl/N-ethyl adjacent to an activating group) is 2. The average molecular weight is 362 g/mol. The van der Waals surface area contributed by atoms with E-state index in [0.717, 1.165) is 25.9 Å². The zero-order valence-electron chi connectivity index (χ0n) is 11.7. The third-order valence-electron chi connectivity index (χ3n) is 3.73. The summed E-state index contributed by atoms with van der Waals surface area (Å²) in [6, 6.07) is 4.80. The highest BCUT2D eigenvalue weighted by Crippen LogP contribution is 2.28. The van der Waals surface area contributed by atoms with E-state index in [0.29, 0.717) is 10.2 Å². The van der Waals surface area contributed by atoms with E-state index in [1.165, 1.54) is 4.31 Å². The van der Waals surface area contributed by atoms with Gasteiger partial charge in [-0.05, 0) is 60.6 Å². The monoisotopic (exact) mass is 361 g/mol. The first kappa shape index (κ1) is 15.8. The van der Waals surface area contributed by atoms with Crippen molar-refractivity contribution in [2.24, 2.45) is 0 Å². The molecule has 0 aliphatic carbocycles. The molecule has 5 nitrogen and oxygen atoms in total. The summed E-state index contributed by atoms with van der Waals surface area (Å²) in [7, 11) is 0.169. The number of hydrogen-bond donors (Lipinski definition) is 1. The lowest BCUT2D eigenvalue weighted by Gasteiger charge is -2.35. The summed E-state index contributed by atoms with van der Waals surface area (Å²) in [5.41, 5.74) is 6.20. The molecule has 1 fully saturated rings. The molecule has 7 heteroatoms. The molecule has 0 bridgehead atoms. The maximum Gasteiger partial charge on any atom is 0.244 e. The Labute approximate surface area is 128 Å². The smallest absolute Gasteiger partial charge is 0.244 e. The fraction of sp³-hybridized carbons (Fsp3) is 0.538. The quantitative estimate of drug-likeness (QED) is 0.832. The van der Waals surface area contributed by atoms with Crippen molar-refractivity contribution in [2.75, 3.05) is 32.9 Å². The van der Waals surface area contributed by atoms with Crippen LogP contribution in [0.3, 0.4) is 0 Å². The standard InChI is InChI=1S/C13H20BrN3O2S/c1-16-7-3-4-11(9-16)17(2)20(18,19)13-6-5-10(15)8-12(13)14/h5-6,8,11H,3-4,7,9,15H2,1-2H3. The van der Waals surface area contributed by atoms with Gasteiger partial charge in [0.2, 0.25) is 10.0 Å². The molecular weight excluding hydrogens is 342 g/mol. The van der Waals surface area contributed by atoms with Gasteiger partial charge in [0.1, 0.15) is 0 Å². The molecule has 0 radical (unpaired) electrons. The number of sulfonamides is 1. The number of halogens is 1. The second-order valence-corrected chi connectivity index (χ2v) is 8.09. The van der Waals surface area contributed by atoms with Crippen LogP contribution in [0.15, 0.2) is 27.6 Å². The van der Waals surface area contributed by atoms with Crippen molar-refractivity contribution >= 4 is 31.6 Å². The number of hydrogen-bond acceptors (Lipinski definition) is 4. The van der Waals surface area contributed by atoms with E-state index in [4.69, 9.17) is 5.73 Å². The van der Waals surface area contributed by atoms with Crippen LogP contribution in [0.5, 0.6) is 0 Å². The molecule has 1 unspecified atom stereocenters. The van der Waals surface area contributed by atoms with E-state index in [-0.39, 0.29) is 10.9 Å². The fourth-order valence-electron chi connectivity index (χ4n) is 2.51. The molecule has 0 saturated carbocycles. The van der Waals surface area contributed by atoms with Gasteiger partial charge in [-0.2, -0.15) is 4.31 Å². The van der Waals surface area contributed by atoms with Crippen molar-refractivity contribution in [3.8, 4) is 0 Å². The van der Waals surface area contributed by atoms with Crippen molar-refractivity contribution in [1.29, 1.82) is 0 Å². The second-order valence-electron chi connectivity index (χ2n) is 5.27. The molecule has 1 atom stereocenters. The van der Waals surface area contributed by atoms with Gasteiger partial charge in [-0.3, -0.25) is 0 Å². The Morgan fingerprint density at radius 3 is 2.75 bits per heavy atom. The lowest BCUT2D eigenvalue weighted by Crippen LogP contribution is -2.47. The molecule has 1 aromatic carbocycles. The van der Waals surface area contributed by atoms with Crippen molar-refractivity contribution in [3.63, 3.8) is 0 Å². The van der Waals surface area contributed by atoms with Gasteiger partial charge in [0, 0.05) is 29.8 Å². The Morgan fingerprint density at radius 2 is 2.15 bits per heavy atom. The topological polar surface area (TPSA) is 66.6 Å². The van der Waals surface area contributed by atoms with Gasteiger partial charge in [0.25, 0.3) is 0 Å². The van der Waals surface area contributed by atoms with Gasteiger partial charge in [-0.1, -0.05) is 0 Å². The van der Waals surface area contributed by atoms with Gasteiger partial charge < -0.3 is 10.6 Å². The molecule has 112 valence electrons. The van der Waals surface area contributed by atoms with Gasteiger partial charge in [-0.15, -0.1) is 0 Å². The van der Waals surface area contributed by atoms with E-state index in [1.807, 2.05) is 7.05 Å². The normalized spacial score (nSPS) is 21.3. The molecule has 1 heterocycles. The van der Waals surface area contributed by atoms with E-state index in [1.54, 1.807) is 25.2 Å². The Bertz CT molecular complexity index is 591. The number of nitrogens with two attached hydrogens (primary N) is 1. The maximum absolute atomic E-state index is 12.7. The summed E-state index contributed by atoms with van der Waals surface area (Å²) in [4.78, 5) is 2.43. The third kappa shape index (κ3) is 3.16. The predicted octanol–water partition coefficient (Wildman–Crippen LogP) is 1.75. The average Bonchev–Trinajstić information content (AvgIpc) is 2.37. The first-order valence-corrected chi connectivity index (χ1v) is 8.77. The maximum atomic E-state index is 12.7. The van der Waals surface area contributed by atoms with Crippen LogP contribution in [-0.4, -0.2) is 50.8 Å². The van der Waals surface area contributed by atoms with Crippen molar-refractivity contribution in [1.82, 2.24) is 9.21 Å². The summed E-state index contributed by atoms with van der Waals surface area (Å²) >= 11 is 3.29. The van der Waals surface area contributed by atoms with Crippen LogP contribution in [0.2, 0.25) is 0 Å². The summed E-state index contributed by atoms with van der Waals surface area (Å²) in [6.07, 6.45) is 1.91. The summed E-state index contributed by atoms with van der Waals surface area (Å²) < 4.78 is 27.4. The molecule has 2 rings (SSSR count). The zero-order valence-corrected chi connectivity index (χ0v) is 14.1.